The first kappa shape index (κ1) is 14.7. The van der Waals surface area contributed by atoms with Crippen LogP contribution in [0.15, 0.2) is 12.1 Å². The molecule has 0 aliphatic rings. The molecule has 0 bridgehead atoms. The second kappa shape index (κ2) is 5.98. The predicted molar refractivity (Wildman–Crippen MR) is 66.5 cm³/mol. The molecule has 1 amide bonds. The Kier molecular flexibility index (Phi) is 4.62. The molecule has 0 heterocycles. The fourth-order valence-electron chi connectivity index (χ4n) is 1.58. The van der Waals surface area contributed by atoms with Gasteiger partial charge in [0.25, 0.3) is 0 Å². The highest BCUT2D eigenvalue weighted by atomic mass is 19.1. The highest BCUT2D eigenvalue weighted by Crippen LogP contribution is 2.32. The fraction of sp³-hybridized carbons (Fsp3) is 0.364. The van der Waals surface area contributed by atoms with Gasteiger partial charge < -0.3 is 15.8 Å². The van der Waals surface area contributed by atoms with Gasteiger partial charge >= 0.3 is 5.69 Å². The summed E-state index contributed by atoms with van der Waals surface area (Å²) in [7, 11) is 1.25. The van der Waals surface area contributed by atoms with Crippen molar-refractivity contribution in [3.63, 3.8) is 0 Å². The Bertz CT molecular complexity index is 507. The lowest BCUT2D eigenvalue weighted by Gasteiger charge is -2.15. The van der Waals surface area contributed by atoms with Gasteiger partial charge in [-0.2, -0.15) is 0 Å². The predicted octanol–water partition coefficient (Wildman–Crippen LogP) is 1.42. The smallest absolute Gasteiger partial charge is 0.313 e. The minimum Gasteiger partial charge on any atom is -0.490 e. The molecule has 104 valence electrons. The van der Waals surface area contributed by atoms with Crippen molar-refractivity contribution in [3.8, 4) is 5.75 Å². The average Bonchev–Trinajstić information content (AvgIpc) is 2.29. The minimum absolute atomic E-state index is 0.0104. The van der Waals surface area contributed by atoms with E-state index in [4.69, 9.17) is 10.5 Å². The number of nitro groups is 1. The number of hydrogen-bond donors (Lipinski definition) is 2. The summed E-state index contributed by atoms with van der Waals surface area (Å²) in [5, 5.41) is 13.4. The van der Waals surface area contributed by atoms with Crippen LogP contribution < -0.4 is 15.8 Å². The number of nitrogens with two attached hydrogens (primary N) is 1. The van der Waals surface area contributed by atoms with E-state index >= 15 is 0 Å². The van der Waals surface area contributed by atoms with Gasteiger partial charge in [-0.25, -0.2) is 4.39 Å². The molecule has 1 aromatic rings. The first-order chi connectivity index (χ1) is 8.85. The normalized spacial score (nSPS) is 11.7. The zero-order chi connectivity index (χ0) is 14.6. The lowest BCUT2D eigenvalue weighted by Crippen LogP contribution is -2.24. The summed E-state index contributed by atoms with van der Waals surface area (Å²) >= 11 is 0. The van der Waals surface area contributed by atoms with E-state index in [-0.39, 0.29) is 17.9 Å². The van der Waals surface area contributed by atoms with E-state index in [2.05, 4.69) is 5.32 Å². The molecule has 19 heavy (non-hydrogen) atoms. The molecule has 0 radical (unpaired) electrons. The molecule has 3 N–H and O–H groups in total. The third-order valence-electron chi connectivity index (χ3n) is 2.37. The number of carbonyl (C=O) groups is 1. The van der Waals surface area contributed by atoms with Crippen molar-refractivity contribution in [1.29, 1.82) is 0 Å². The van der Waals surface area contributed by atoms with E-state index in [1.54, 1.807) is 6.92 Å². The third kappa shape index (κ3) is 3.80. The van der Waals surface area contributed by atoms with Crippen LogP contribution in [0.5, 0.6) is 5.75 Å². The number of benzene rings is 1. The monoisotopic (exact) mass is 271 g/mol. The molecule has 8 heteroatoms. The van der Waals surface area contributed by atoms with Crippen molar-refractivity contribution in [2.75, 3.05) is 12.4 Å². The van der Waals surface area contributed by atoms with Crippen molar-refractivity contribution in [1.82, 2.24) is 0 Å². The van der Waals surface area contributed by atoms with Crippen LogP contribution in [0.2, 0.25) is 0 Å². The number of nitrogens with one attached hydrogen (secondary N) is 1. The molecule has 1 aromatic carbocycles. The average molecular weight is 271 g/mol. The van der Waals surface area contributed by atoms with Crippen LogP contribution in [-0.2, 0) is 4.79 Å². The Balaban J connectivity index is 3.02. The van der Waals surface area contributed by atoms with Gasteiger partial charge in [0.1, 0.15) is 0 Å². The SMILES string of the molecule is COc1cc(NC(C)CC(N)=O)c(F)cc1[N+](=O)[O-]. The number of nitrogens with zero attached hydrogens (tertiary/aromatic N) is 1. The number of nitro benzene ring substituents is 1. The van der Waals surface area contributed by atoms with Crippen LogP contribution in [0.4, 0.5) is 15.8 Å². The largest absolute Gasteiger partial charge is 0.490 e. The highest BCUT2D eigenvalue weighted by molar-refractivity contribution is 5.75. The van der Waals surface area contributed by atoms with Crippen molar-refractivity contribution in [2.24, 2.45) is 5.73 Å². The summed E-state index contributed by atoms with van der Waals surface area (Å²) in [6.45, 7) is 1.64. The molecule has 7 nitrogen and oxygen atoms in total. The molecule has 0 aromatic heterocycles. The number of ether oxygens (including phenoxy) is 1. The minimum atomic E-state index is -0.802. The van der Waals surface area contributed by atoms with Crippen LogP contribution in [0.3, 0.4) is 0 Å². The summed E-state index contributed by atoms with van der Waals surface area (Å²) in [5.74, 6) is -1.40. The van der Waals surface area contributed by atoms with Gasteiger partial charge in [0.2, 0.25) is 5.91 Å². The Morgan fingerprint density at radius 2 is 2.26 bits per heavy atom. The fourth-order valence-corrected chi connectivity index (χ4v) is 1.58. The molecular weight excluding hydrogens is 257 g/mol. The topological polar surface area (TPSA) is 107 Å². The maximum atomic E-state index is 13.7. The second-order valence-corrected chi connectivity index (χ2v) is 3.98. The standard InChI is InChI=1S/C11H14FN3O4/c1-6(3-11(13)16)14-8-5-10(19-2)9(15(17)18)4-7(8)12/h4-6,14H,3H2,1-2H3,(H2,13,16). The Labute approximate surface area is 108 Å². The Morgan fingerprint density at radius 1 is 1.63 bits per heavy atom. The summed E-state index contributed by atoms with van der Waals surface area (Å²) < 4.78 is 18.5. The lowest BCUT2D eigenvalue weighted by molar-refractivity contribution is -0.385. The number of amides is 1. The maximum Gasteiger partial charge on any atom is 0.313 e. The number of carbonyl (C=O) groups excluding carboxylic acids is 1. The van der Waals surface area contributed by atoms with Crippen molar-refractivity contribution < 1.29 is 18.8 Å². The number of anilines is 1. The first-order valence-electron chi connectivity index (χ1n) is 5.42. The van der Waals surface area contributed by atoms with Crippen LogP contribution in [0.1, 0.15) is 13.3 Å². The zero-order valence-electron chi connectivity index (χ0n) is 10.5. The van der Waals surface area contributed by atoms with Crippen molar-refractivity contribution in [3.05, 3.63) is 28.1 Å². The summed E-state index contributed by atoms with van der Waals surface area (Å²) in [6, 6.07) is 1.53. The number of hydrogen-bond acceptors (Lipinski definition) is 5. The van der Waals surface area contributed by atoms with E-state index in [0.717, 1.165) is 6.07 Å². The van der Waals surface area contributed by atoms with E-state index in [1.807, 2.05) is 0 Å². The van der Waals surface area contributed by atoms with Gasteiger partial charge in [-0.15, -0.1) is 0 Å². The number of rotatable bonds is 6. The molecule has 0 fully saturated rings. The number of halogens is 1. The molecule has 0 saturated carbocycles. The number of methoxy groups -OCH3 is 1. The van der Waals surface area contributed by atoms with Crippen molar-refractivity contribution in [2.45, 2.75) is 19.4 Å². The molecule has 1 rings (SSSR count). The van der Waals surface area contributed by atoms with E-state index in [1.165, 1.54) is 13.2 Å². The van der Waals surface area contributed by atoms with Crippen molar-refractivity contribution >= 4 is 17.3 Å². The van der Waals surface area contributed by atoms with Crippen LogP contribution in [0, 0.1) is 15.9 Å². The Hall–Kier alpha value is -2.38. The van der Waals surface area contributed by atoms with E-state index in [0.29, 0.717) is 0 Å². The molecular formula is C11H14FN3O4. The Morgan fingerprint density at radius 3 is 2.74 bits per heavy atom. The van der Waals surface area contributed by atoms with E-state index in [9.17, 15) is 19.3 Å². The summed E-state index contributed by atoms with van der Waals surface area (Å²) in [4.78, 5) is 20.7. The van der Waals surface area contributed by atoms with Gasteiger partial charge in [0, 0.05) is 18.5 Å². The maximum absolute atomic E-state index is 13.7. The molecule has 0 saturated heterocycles. The van der Waals surface area contributed by atoms with Gasteiger partial charge in [-0.05, 0) is 6.92 Å². The molecule has 1 atom stereocenters. The second-order valence-electron chi connectivity index (χ2n) is 3.98. The van der Waals surface area contributed by atoms with Gasteiger partial charge in [-0.3, -0.25) is 14.9 Å². The third-order valence-corrected chi connectivity index (χ3v) is 2.37. The van der Waals surface area contributed by atoms with Gasteiger partial charge in [0.05, 0.1) is 23.8 Å². The molecule has 0 spiro atoms. The lowest BCUT2D eigenvalue weighted by atomic mass is 10.2. The quantitative estimate of drug-likeness (QED) is 0.601. The zero-order valence-corrected chi connectivity index (χ0v) is 10.5. The van der Waals surface area contributed by atoms with Crippen LogP contribution in [-0.4, -0.2) is 24.0 Å². The highest BCUT2D eigenvalue weighted by Gasteiger charge is 2.20. The molecule has 1 unspecified atom stereocenters. The number of primary amides is 1. The first-order valence-corrected chi connectivity index (χ1v) is 5.42. The summed E-state index contributed by atoms with van der Waals surface area (Å²) in [6.07, 6.45) is 0.0126. The molecule has 0 aliphatic carbocycles. The van der Waals surface area contributed by atoms with Gasteiger partial charge in [0.15, 0.2) is 11.6 Å². The van der Waals surface area contributed by atoms with Crippen LogP contribution in [0.25, 0.3) is 0 Å². The van der Waals surface area contributed by atoms with E-state index < -0.39 is 28.4 Å². The van der Waals surface area contributed by atoms with Gasteiger partial charge in [-0.1, -0.05) is 0 Å². The summed E-state index contributed by atoms with van der Waals surface area (Å²) in [5.41, 5.74) is 4.56. The molecule has 0 aliphatic heterocycles. The van der Waals surface area contributed by atoms with Crippen LogP contribution >= 0.6 is 0 Å².